The quantitative estimate of drug-likeness (QED) is 0.581. The molecular formula is C9H6BrNO4. The normalized spacial score (nSPS) is 14.3. The molecular weight excluding hydrogens is 266 g/mol. The van der Waals surface area contributed by atoms with Gasteiger partial charge in [-0.3, -0.25) is 14.9 Å². The summed E-state index contributed by atoms with van der Waals surface area (Å²) in [4.78, 5) is 21.7. The lowest BCUT2D eigenvalue weighted by Gasteiger charge is -2.16. The van der Waals surface area contributed by atoms with Gasteiger partial charge in [-0.2, -0.15) is 0 Å². The van der Waals surface area contributed by atoms with Gasteiger partial charge in [0.2, 0.25) is 5.75 Å². The molecule has 0 aliphatic carbocycles. The molecule has 0 unspecified atom stereocenters. The van der Waals surface area contributed by atoms with Crippen molar-refractivity contribution in [2.75, 3.05) is 6.61 Å². The van der Waals surface area contributed by atoms with Gasteiger partial charge in [0.1, 0.15) is 0 Å². The number of halogens is 1. The molecule has 2 rings (SSSR count). The number of carbonyl (C=O) groups is 1. The van der Waals surface area contributed by atoms with Crippen molar-refractivity contribution in [3.8, 4) is 5.75 Å². The fraction of sp³-hybridized carbons (Fsp3) is 0.222. The summed E-state index contributed by atoms with van der Waals surface area (Å²) in [5.74, 6) is -0.0579. The Balaban J connectivity index is 2.69. The van der Waals surface area contributed by atoms with E-state index < -0.39 is 4.92 Å². The van der Waals surface area contributed by atoms with Crippen LogP contribution >= 0.6 is 15.9 Å². The molecule has 0 saturated carbocycles. The maximum absolute atomic E-state index is 11.5. The topological polar surface area (TPSA) is 69.4 Å². The van der Waals surface area contributed by atoms with E-state index in [2.05, 4.69) is 15.9 Å². The van der Waals surface area contributed by atoms with Gasteiger partial charge in [-0.25, -0.2) is 0 Å². The summed E-state index contributed by atoms with van der Waals surface area (Å²) in [6.45, 7) is 0.198. The van der Waals surface area contributed by atoms with Crippen LogP contribution in [-0.4, -0.2) is 17.3 Å². The van der Waals surface area contributed by atoms with Crippen molar-refractivity contribution in [3.05, 3.63) is 32.3 Å². The first-order valence-electron chi connectivity index (χ1n) is 4.24. The largest absolute Gasteiger partial charge is 0.486 e. The predicted octanol–water partition coefficient (Wildman–Crippen LogP) is 2.32. The minimum absolute atomic E-state index is 0.0747. The van der Waals surface area contributed by atoms with E-state index in [1.54, 1.807) is 0 Å². The second-order valence-electron chi connectivity index (χ2n) is 3.05. The third-order valence-electron chi connectivity index (χ3n) is 2.14. The smallest absolute Gasteiger partial charge is 0.311 e. The first-order valence-corrected chi connectivity index (χ1v) is 5.03. The first-order chi connectivity index (χ1) is 7.11. The molecule has 0 aromatic heterocycles. The third-order valence-corrected chi connectivity index (χ3v) is 2.80. The Morgan fingerprint density at radius 2 is 2.20 bits per heavy atom. The molecule has 15 heavy (non-hydrogen) atoms. The molecule has 6 heteroatoms. The maximum atomic E-state index is 11.5. The molecule has 0 atom stereocenters. The Morgan fingerprint density at radius 1 is 1.47 bits per heavy atom. The van der Waals surface area contributed by atoms with E-state index in [1.807, 2.05) is 0 Å². The van der Waals surface area contributed by atoms with Crippen molar-refractivity contribution < 1.29 is 14.5 Å². The van der Waals surface area contributed by atoms with Crippen LogP contribution in [0.1, 0.15) is 16.8 Å². The zero-order chi connectivity index (χ0) is 11.0. The van der Waals surface area contributed by atoms with Gasteiger partial charge < -0.3 is 4.74 Å². The molecule has 1 aromatic rings. The molecule has 1 aliphatic heterocycles. The summed E-state index contributed by atoms with van der Waals surface area (Å²) >= 11 is 3.18. The number of ketones is 1. The van der Waals surface area contributed by atoms with Crippen LogP contribution in [0.4, 0.5) is 5.69 Å². The predicted molar refractivity (Wildman–Crippen MR) is 55.2 cm³/mol. The lowest BCUT2D eigenvalue weighted by molar-refractivity contribution is -0.386. The van der Waals surface area contributed by atoms with Gasteiger partial charge >= 0.3 is 5.69 Å². The average molecular weight is 272 g/mol. The number of fused-ring (bicyclic) bond motifs is 1. The molecule has 1 aliphatic rings. The van der Waals surface area contributed by atoms with Crippen LogP contribution in [0.25, 0.3) is 0 Å². The Labute approximate surface area is 93.3 Å². The molecule has 0 bridgehead atoms. The number of hydrogen-bond acceptors (Lipinski definition) is 4. The van der Waals surface area contributed by atoms with Gasteiger partial charge in [0, 0.05) is 17.0 Å². The van der Waals surface area contributed by atoms with Crippen LogP contribution < -0.4 is 4.74 Å². The summed E-state index contributed by atoms with van der Waals surface area (Å²) in [6.07, 6.45) is 0.257. The van der Waals surface area contributed by atoms with Crippen molar-refractivity contribution >= 4 is 27.4 Å². The maximum Gasteiger partial charge on any atom is 0.311 e. The van der Waals surface area contributed by atoms with Crippen molar-refractivity contribution in [2.45, 2.75) is 6.42 Å². The summed E-state index contributed by atoms with van der Waals surface area (Å²) in [5, 5.41) is 10.7. The van der Waals surface area contributed by atoms with E-state index in [-0.39, 0.29) is 35.8 Å². The van der Waals surface area contributed by atoms with Crippen LogP contribution in [-0.2, 0) is 0 Å². The fourth-order valence-corrected chi connectivity index (χ4v) is 2.00. The monoisotopic (exact) mass is 271 g/mol. The highest BCUT2D eigenvalue weighted by molar-refractivity contribution is 9.10. The number of nitro benzene ring substituents is 1. The van der Waals surface area contributed by atoms with Crippen LogP contribution in [0.15, 0.2) is 16.6 Å². The summed E-state index contributed by atoms with van der Waals surface area (Å²) in [5.41, 5.74) is 0.108. The Morgan fingerprint density at radius 3 is 2.87 bits per heavy atom. The van der Waals surface area contributed by atoms with E-state index in [0.717, 1.165) is 0 Å². The van der Waals surface area contributed by atoms with Crippen molar-refractivity contribution in [1.82, 2.24) is 0 Å². The van der Waals surface area contributed by atoms with Crippen LogP contribution in [0, 0.1) is 10.1 Å². The van der Waals surface area contributed by atoms with Gasteiger partial charge in [0.25, 0.3) is 0 Å². The number of nitrogens with zero attached hydrogens (tertiary/aromatic N) is 1. The second-order valence-corrected chi connectivity index (χ2v) is 3.90. The highest BCUT2D eigenvalue weighted by Crippen LogP contribution is 2.38. The van der Waals surface area contributed by atoms with Gasteiger partial charge in [-0.05, 0) is 22.0 Å². The molecule has 1 heterocycles. The summed E-state index contributed by atoms with van der Waals surface area (Å²) < 4.78 is 5.71. The van der Waals surface area contributed by atoms with Gasteiger partial charge in [0.05, 0.1) is 17.1 Å². The molecule has 0 saturated heterocycles. The Bertz CT molecular complexity index is 458. The zero-order valence-electron chi connectivity index (χ0n) is 7.53. The average Bonchev–Trinajstić information content (AvgIpc) is 2.17. The van der Waals surface area contributed by atoms with Crippen molar-refractivity contribution in [1.29, 1.82) is 0 Å². The van der Waals surface area contributed by atoms with Crippen molar-refractivity contribution in [3.63, 3.8) is 0 Å². The highest BCUT2D eigenvalue weighted by Gasteiger charge is 2.29. The Kier molecular flexibility index (Phi) is 2.44. The zero-order valence-corrected chi connectivity index (χ0v) is 9.11. The van der Waals surface area contributed by atoms with Crippen LogP contribution in [0.3, 0.4) is 0 Å². The Hall–Kier alpha value is -1.43. The minimum atomic E-state index is -0.552. The number of hydrogen-bond donors (Lipinski definition) is 0. The molecule has 0 spiro atoms. The molecule has 78 valence electrons. The summed E-state index contributed by atoms with van der Waals surface area (Å²) in [7, 11) is 0. The standard InChI is InChI=1S/C9H6BrNO4/c10-5-1-2-6(11(13)14)9-8(5)7(12)3-4-15-9/h1-2H,3-4H2. The molecule has 0 radical (unpaired) electrons. The van der Waals surface area contributed by atoms with E-state index in [0.29, 0.717) is 4.47 Å². The van der Waals surface area contributed by atoms with Gasteiger partial charge in [-0.15, -0.1) is 0 Å². The number of ether oxygens (including phenoxy) is 1. The number of Topliss-reactive ketones (excluding diaryl/α,β-unsaturated/α-hetero) is 1. The fourth-order valence-electron chi connectivity index (χ4n) is 1.47. The van der Waals surface area contributed by atoms with E-state index in [1.165, 1.54) is 12.1 Å². The third kappa shape index (κ3) is 1.61. The molecule has 0 amide bonds. The SMILES string of the molecule is O=C1CCOc2c([N+](=O)[O-])ccc(Br)c21. The van der Waals surface area contributed by atoms with Crippen molar-refractivity contribution in [2.24, 2.45) is 0 Å². The van der Waals surface area contributed by atoms with Crippen LogP contribution in [0.2, 0.25) is 0 Å². The lowest BCUT2D eigenvalue weighted by atomic mass is 10.0. The summed E-state index contributed by atoms with van der Waals surface area (Å²) in [6, 6.07) is 2.81. The number of nitro groups is 1. The minimum Gasteiger partial charge on any atom is -0.486 e. The van der Waals surface area contributed by atoms with Crippen LogP contribution in [0.5, 0.6) is 5.75 Å². The molecule has 1 aromatic carbocycles. The lowest BCUT2D eigenvalue weighted by Crippen LogP contribution is -2.17. The molecule has 5 nitrogen and oxygen atoms in total. The first kappa shape index (κ1) is 10.1. The molecule has 0 fully saturated rings. The number of rotatable bonds is 1. The number of carbonyl (C=O) groups excluding carboxylic acids is 1. The second kappa shape index (κ2) is 3.62. The van der Waals surface area contributed by atoms with E-state index >= 15 is 0 Å². The van der Waals surface area contributed by atoms with E-state index in [4.69, 9.17) is 4.74 Å². The molecule has 0 N–H and O–H groups in total. The van der Waals surface area contributed by atoms with Gasteiger partial charge in [-0.1, -0.05) is 0 Å². The highest BCUT2D eigenvalue weighted by atomic mass is 79.9. The number of benzene rings is 1. The van der Waals surface area contributed by atoms with Gasteiger partial charge in [0.15, 0.2) is 5.78 Å². The van der Waals surface area contributed by atoms with E-state index in [9.17, 15) is 14.9 Å².